The Morgan fingerprint density at radius 1 is 0.603 bits per heavy atom. The highest BCUT2D eigenvalue weighted by molar-refractivity contribution is 6.36. The van der Waals surface area contributed by atoms with Gasteiger partial charge in [-0.15, -0.1) is 0 Å². The quantitative estimate of drug-likeness (QED) is 0.159. The Hall–Kier alpha value is -7.15. The fourth-order valence-corrected chi connectivity index (χ4v) is 8.52. The molecule has 3 heterocycles. The van der Waals surface area contributed by atoms with Crippen molar-refractivity contribution < 1.29 is 0 Å². The minimum atomic E-state index is 0.628. The number of nitrogens with zero attached hydrogens (tertiary/aromatic N) is 5. The molecular weight excluding hydrogens is 732 g/mol. The second-order valence-corrected chi connectivity index (χ2v) is 15.0. The van der Waals surface area contributed by atoms with Crippen LogP contribution >= 0.6 is 11.6 Å². The second-order valence-electron chi connectivity index (χ2n) is 14.7. The number of fused-ring (bicyclic) bond motifs is 4. The van der Waals surface area contributed by atoms with Crippen molar-refractivity contribution in [2.24, 2.45) is 0 Å². The normalized spacial score (nSPS) is 11.4. The molecule has 0 fully saturated rings. The highest BCUT2D eigenvalue weighted by Gasteiger charge is 2.20. The number of nitrogens with one attached hydrogen (secondary N) is 1. The number of imidazole rings is 1. The lowest BCUT2D eigenvalue weighted by Gasteiger charge is -2.27. The van der Waals surface area contributed by atoms with Crippen LogP contribution in [0.5, 0.6) is 0 Å². The Morgan fingerprint density at radius 3 is 2.10 bits per heavy atom. The van der Waals surface area contributed by atoms with Crippen molar-refractivity contribution in [1.29, 1.82) is 0 Å². The van der Waals surface area contributed by atoms with Gasteiger partial charge in [0.15, 0.2) is 0 Å². The van der Waals surface area contributed by atoms with Crippen LogP contribution in [0.4, 0.5) is 22.7 Å². The first kappa shape index (κ1) is 35.3. The van der Waals surface area contributed by atoms with Gasteiger partial charge in [-0.2, -0.15) is 0 Å². The minimum Gasteiger partial charge on any atom is -0.354 e. The van der Waals surface area contributed by atoms with Gasteiger partial charge < -0.3 is 10.2 Å². The summed E-state index contributed by atoms with van der Waals surface area (Å²) in [6.07, 6.45) is 1.83. The Bertz CT molecular complexity index is 3070. The average Bonchev–Trinajstić information content (AvgIpc) is 3.80. The van der Waals surface area contributed by atoms with E-state index in [1.165, 1.54) is 16.7 Å². The minimum absolute atomic E-state index is 0.628. The SMILES string of the molecule is Cc1cccc(C)c1-n1c(-c2ccc(N(Cc3ccccc3)c3cccc(Nc4ccc5c(c4)c4ccccc4n5-c4ccccn4)c3Cl)cc2)nc2ccccc21. The molecule has 0 bridgehead atoms. The number of benzene rings is 7. The van der Waals surface area contributed by atoms with E-state index in [2.05, 4.69) is 178 Å². The summed E-state index contributed by atoms with van der Waals surface area (Å²) in [5.74, 6) is 1.79. The van der Waals surface area contributed by atoms with Crippen molar-refractivity contribution in [3.8, 4) is 22.9 Å². The molecule has 280 valence electrons. The number of aryl methyl sites for hydroxylation is 2. The molecule has 0 aliphatic rings. The highest BCUT2D eigenvalue weighted by Crippen LogP contribution is 2.41. The van der Waals surface area contributed by atoms with Crippen molar-refractivity contribution in [3.63, 3.8) is 0 Å². The third kappa shape index (κ3) is 6.24. The fourth-order valence-electron chi connectivity index (χ4n) is 8.24. The molecule has 0 radical (unpaired) electrons. The zero-order valence-corrected chi connectivity index (χ0v) is 32.9. The molecule has 0 aliphatic heterocycles. The summed E-state index contributed by atoms with van der Waals surface area (Å²) in [5.41, 5.74) is 13.7. The van der Waals surface area contributed by atoms with E-state index in [1.54, 1.807) is 0 Å². The van der Waals surface area contributed by atoms with Crippen molar-refractivity contribution >= 4 is 67.2 Å². The lowest BCUT2D eigenvalue weighted by Crippen LogP contribution is -2.17. The number of anilines is 4. The summed E-state index contributed by atoms with van der Waals surface area (Å²) in [4.78, 5) is 12.1. The summed E-state index contributed by atoms with van der Waals surface area (Å²) in [6.45, 7) is 4.96. The Labute approximate surface area is 342 Å². The van der Waals surface area contributed by atoms with E-state index < -0.39 is 0 Å². The van der Waals surface area contributed by atoms with E-state index in [0.717, 1.165) is 78.5 Å². The van der Waals surface area contributed by atoms with E-state index in [9.17, 15) is 0 Å². The van der Waals surface area contributed by atoms with Gasteiger partial charge in [0.05, 0.1) is 44.2 Å². The van der Waals surface area contributed by atoms with Crippen molar-refractivity contribution in [2.45, 2.75) is 20.4 Å². The smallest absolute Gasteiger partial charge is 0.145 e. The molecular formula is C51H39ClN6. The second kappa shape index (κ2) is 14.7. The Morgan fingerprint density at radius 2 is 1.31 bits per heavy atom. The summed E-state index contributed by atoms with van der Waals surface area (Å²) >= 11 is 7.43. The van der Waals surface area contributed by atoms with E-state index in [-0.39, 0.29) is 0 Å². The topological polar surface area (TPSA) is 50.9 Å². The van der Waals surface area contributed by atoms with Gasteiger partial charge in [0, 0.05) is 40.5 Å². The van der Waals surface area contributed by atoms with Gasteiger partial charge in [-0.3, -0.25) is 9.13 Å². The lowest BCUT2D eigenvalue weighted by molar-refractivity contribution is 0.975. The van der Waals surface area contributed by atoms with Gasteiger partial charge in [0.1, 0.15) is 11.6 Å². The molecule has 1 N–H and O–H groups in total. The van der Waals surface area contributed by atoms with Crippen LogP contribution in [0.3, 0.4) is 0 Å². The summed E-state index contributed by atoms with van der Waals surface area (Å²) < 4.78 is 4.52. The third-order valence-corrected chi connectivity index (χ3v) is 11.3. The predicted octanol–water partition coefficient (Wildman–Crippen LogP) is 13.5. The highest BCUT2D eigenvalue weighted by atomic mass is 35.5. The van der Waals surface area contributed by atoms with E-state index in [4.69, 9.17) is 16.6 Å². The van der Waals surface area contributed by atoms with Gasteiger partial charge in [-0.25, -0.2) is 9.97 Å². The number of aromatic nitrogens is 4. The maximum atomic E-state index is 7.43. The standard InChI is InChI=1S/C51H39ClN6/c1-34-14-12-15-35(2)50(34)58-46-22-9-7-19-42(46)55-51(58)37-25-28-39(29-26-37)56(33-36-16-4-3-5-17-36)47-23-13-20-43(49(47)52)54-38-27-30-45-41(32-38)40-18-6-8-21-44(40)57(45)48-24-10-11-31-53-48/h3-32,54H,33H2,1-2H3. The molecule has 7 heteroatoms. The van der Waals surface area contributed by atoms with Gasteiger partial charge in [0.2, 0.25) is 0 Å². The summed E-state index contributed by atoms with van der Waals surface area (Å²) in [7, 11) is 0. The number of hydrogen-bond donors (Lipinski definition) is 1. The van der Waals surface area contributed by atoms with Crippen LogP contribution in [-0.2, 0) is 6.54 Å². The molecule has 0 unspecified atom stereocenters. The first-order valence-electron chi connectivity index (χ1n) is 19.5. The van der Waals surface area contributed by atoms with Gasteiger partial charge in [-0.05, 0) is 115 Å². The van der Waals surface area contributed by atoms with Crippen LogP contribution in [0.2, 0.25) is 5.02 Å². The number of para-hydroxylation sites is 4. The van der Waals surface area contributed by atoms with Crippen LogP contribution in [0.1, 0.15) is 16.7 Å². The van der Waals surface area contributed by atoms with E-state index in [1.807, 2.05) is 42.6 Å². The molecule has 0 amide bonds. The summed E-state index contributed by atoms with van der Waals surface area (Å²) in [5, 5.41) is 6.60. The van der Waals surface area contributed by atoms with Gasteiger partial charge in [0.25, 0.3) is 0 Å². The first-order chi connectivity index (χ1) is 28.5. The van der Waals surface area contributed by atoms with Crippen LogP contribution in [0, 0.1) is 13.8 Å². The fraction of sp³-hybridized carbons (Fsp3) is 0.0588. The molecule has 10 aromatic rings. The molecule has 3 aromatic heterocycles. The molecule has 0 saturated heterocycles. The molecule has 10 rings (SSSR count). The first-order valence-corrected chi connectivity index (χ1v) is 19.9. The van der Waals surface area contributed by atoms with Crippen molar-refractivity contribution in [1.82, 2.24) is 19.1 Å². The average molecular weight is 771 g/mol. The number of rotatable bonds is 9. The van der Waals surface area contributed by atoms with Crippen LogP contribution in [0.15, 0.2) is 182 Å². The largest absolute Gasteiger partial charge is 0.354 e. The molecule has 0 atom stereocenters. The van der Waals surface area contributed by atoms with Gasteiger partial charge >= 0.3 is 0 Å². The maximum Gasteiger partial charge on any atom is 0.145 e. The molecule has 7 aromatic carbocycles. The van der Waals surface area contributed by atoms with Crippen LogP contribution in [-0.4, -0.2) is 19.1 Å². The lowest BCUT2D eigenvalue weighted by atomic mass is 10.1. The number of halogens is 1. The van der Waals surface area contributed by atoms with Gasteiger partial charge in [-0.1, -0.05) is 103 Å². The molecule has 0 spiro atoms. The molecule has 0 saturated carbocycles. The Balaban J connectivity index is 1.03. The van der Waals surface area contributed by atoms with Crippen LogP contribution < -0.4 is 10.2 Å². The van der Waals surface area contributed by atoms with Crippen molar-refractivity contribution in [2.75, 3.05) is 10.2 Å². The zero-order valence-electron chi connectivity index (χ0n) is 32.1. The number of pyridine rings is 1. The van der Waals surface area contributed by atoms with Crippen LogP contribution in [0.25, 0.3) is 55.7 Å². The molecule has 6 nitrogen and oxygen atoms in total. The Kier molecular flexibility index (Phi) is 8.96. The molecule has 58 heavy (non-hydrogen) atoms. The van der Waals surface area contributed by atoms with Crippen molar-refractivity contribution in [3.05, 3.63) is 204 Å². The maximum absolute atomic E-state index is 7.43. The monoisotopic (exact) mass is 770 g/mol. The number of hydrogen-bond acceptors (Lipinski definition) is 4. The third-order valence-electron chi connectivity index (χ3n) is 10.9. The predicted molar refractivity (Wildman–Crippen MR) is 242 cm³/mol. The molecule has 0 aliphatic carbocycles. The van der Waals surface area contributed by atoms with E-state index in [0.29, 0.717) is 11.6 Å². The van der Waals surface area contributed by atoms with E-state index >= 15 is 0 Å². The summed E-state index contributed by atoms with van der Waals surface area (Å²) in [6, 6.07) is 61.1. The zero-order chi connectivity index (χ0) is 39.2.